The van der Waals surface area contributed by atoms with E-state index in [2.05, 4.69) is 32.9 Å². The Morgan fingerprint density at radius 2 is 2.24 bits per heavy atom. The smallest absolute Gasteiger partial charge is 0.238 e. The molecular weight excluding hydrogens is 391 g/mol. The molecule has 1 aliphatic heterocycles. The first kappa shape index (κ1) is 18.5. The van der Waals surface area contributed by atoms with Crippen LogP contribution in [0.15, 0.2) is 10.7 Å². The fourth-order valence-corrected chi connectivity index (χ4v) is 4.33. The summed E-state index contributed by atoms with van der Waals surface area (Å²) in [4.78, 5) is 3.86. The summed E-state index contributed by atoms with van der Waals surface area (Å²) in [6.07, 6.45) is 7.47. The predicted molar refractivity (Wildman–Crippen MR) is 96.9 cm³/mol. The third-order valence-corrected chi connectivity index (χ3v) is 5.94. The summed E-state index contributed by atoms with van der Waals surface area (Å²) in [5.74, 6) is -0.137. The molecule has 1 saturated heterocycles. The van der Waals surface area contributed by atoms with Crippen LogP contribution in [0.1, 0.15) is 51.1 Å². The highest BCUT2D eigenvalue weighted by atomic mass is 79.9. The summed E-state index contributed by atoms with van der Waals surface area (Å²) in [6, 6.07) is 0. The van der Waals surface area contributed by atoms with Crippen LogP contribution in [0.5, 0.6) is 0 Å². The second-order valence-electron chi connectivity index (χ2n) is 6.75. The molecule has 1 atom stereocenters. The fraction of sp³-hybridized carbons (Fsp3) is 0.647. The minimum Gasteiger partial charge on any atom is -0.391 e. The largest absolute Gasteiger partial charge is 0.391 e. The molecule has 0 bridgehead atoms. The molecule has 0 aromatic carbocycles. The second kappa shape index (κ2) is 7.55. The highest BCUT2D eigenvalue weighted by Crippen LogP contribution is 2.49. The number of anilines is 1. The van der Waals surface area contributed by atoms with Gasteiger partial charge in [0.15, 0.2) is 5.82 Å². The molecule has 4 rings (SSSR count). The van der Waals surface area contributed by atoms with Gasteiger partial charge < -0.3 is 15.6 Å². The second-order valence-corrected chi connectivity index (χ2v) is 7.54. The number of aromatic nitrogens is 3. The van der Waals surface area contributed by atoms with Crippen molar-refractivity contribution < 1.29 is 14.2 Å². The van der Waals surface area contributed by atoms with Crippen LogP contribution < -0.4 is 5.73 Å². The molecule has 25 heavy (non-hydrogen) atoms. The van der Waals surface area contributed by atoms with Crippen molar-refractivity contribution in [2.45, 2.75) is 57.0 Å². The number of aliphatic hydroxyl groups is 1. The standard InChI is InChI=1S/C12H14BrFN4.C5H10O2/c1-2-12(4-3-5-12)10-8(13)9(14)7-6-16-11(15)17-18(7)10;6-5-2-1-3-7-4-5/h6H,2-5H2,1H3,(H2,15,17);5-6H,1-4H2. The van der Waals surface area contributed by atoms with Crippen molar-refractivity contribution in [2.24, 2.45) is 0 Å². The van der Waals surface area contributed by atoms with Crippen LogP contribution in [0.2, 0.25) is 0 Å². The van der Waals surface area contributed by atoms with E-state index >= 15 is 0 Å². The minimum atomic E-state index is -0.301. The molecule has 1 saturated carbocycles. The third-order valence-electron chi connectivity index (χ3n) is 5.21. The summed E-state index contributed by atoms with van der Waals surface area (Å²) in [5.41, 5.74) is 6.92. The van der Waals surface area contributed by atoms with Crippen LogP contribution in [-0.2, 0) is 10.2 Å². The Morgan fingerprint density at radius 3 is 2.72 bits per heavy atom. The Kier molecular flexibility index (Phi) is 5.60. The average Bonchev–Trinajstić information content (AvgIpc) is 2.81. The van der Waals surface area contributed by atoms with Gasteiger partial charge in [-0.05, 0) is 48.0 Å². The summed E-state index contributed by atoms with van der Waals surface area (Å²) >= 11 is 3.36. The number of hydrogen-bond donors (Lipinski definition) is 2. The van der Waals surface area contributed by atoms with Gasteiger partial charge in [0, 0.05) is 12.0 Å². The van der Waals surface area contributed by atoms with Crippen LogP contribution >= 0.6 is 15.9 Å². The first-order chi connectivity index (χ1) is 12.0. The third kappa shape index (κ3) is 3.52. The number of aliphatic hydroxyl groups excluding tert-OH is 1. The molecule has 2 aromatic heterocycles. The van der Waals surface area contributed by atoms with Gasteiger partial charge in [-0.1, -0.05) is 13.3 Å². The Hall–Kier alpha value is -1.25. The van der Waals surface area contributed by atoms with Gasteiger partial charge in [0.25, 0.3) is 0 Å². The quantitative estimate of drug-likeness (QED) is 0.787. The molecule has 0 radical (unpaired) electrons. The zero-order valence-corrected chi connectivity index (χ0v) is 15.9. The molecule has 3 heterocycles. The molecular formula is C17H24BrFN4O2. The van der Waals surface area contributed by atoms with E-state index in [1.165, 1.54) is 12.6 Å². The van der Waals surface area contributed by atoms with Crippen LogP contribution in [0, 0.1) is 5.82 Å². The average molecular weight is 415 g/mol. The molecule has 2 fully saturated rings. The molecule has 0 amide bonds. The lowest BCUT2D eigenvalue weighted by molar-refractivity contribution is -0.00535. The van der Waals surface area contributed by atoms with Crippen molar-refractivity contribution in [1.29, 1.82) is 0 Å². The summed E-state index contributed by atoms with van der Waals surface area (Å²) in [6.45, 7) is 3.50. The first-order valence-electron chi connectivity index (χ1n) is 8.73. The predicted octanol–water partition coefficient (Wildman–Crippen LogP) is 3.20. The van der Waals surface area contributed by atoms with Gasteiger partial charge in [0.1, 0.15) is 5.52 Å². The molecule has 1 aliphatic carbocycles. The van der Waals surface area contributed by atoms with Crippen molar-refractivity contribution in [3.63, 3.8) is 0 Å². The Morgan fingerprint density at radius 1 is 1.48 bits per heavy atom. The lowest BCUT2D eigenvalue weighted by atomic mass is 9.65. The van der Waals surface area contributed by atoms with Crippen LogP contribution in [-0.4, -0.2) is 39.0 Å². The monoisotopic (exact) mass is 414 g/mol. The van der Waals surface area contributed by atoms with Crippen molar-refractivity contribution in [1.82, 2.24) is 14.6 Å². The molecule has 2 aliphatic rings. The number of fused-ring (bicyclic) bond motifs is 1. The van der Waals surface area contributed by atoms with Gasteiger partial charge in [0.05, 0.1) is 29.1 Å². The van der Waals surface area contributed by atoms with Crippen molar-refractivity contribution >= 4 is 27.4 Å². The van der Waals surface area contributed by atoms with Gasteiger partial charge in [-0.15, -0.1) is 5.10 Å². The summed E-state index contributed by atoms with van der Waals surface area (Å²) in [7, 11) is 0. The Balaban J connectivity index is 0.000000219. The van der Waals surface area contributed by atoms with Gasteiger partial charge in [-0.2, -0.15) is 0 Å². The Labute approximate surface area is 154 Å². The van der Waals surface area contributed by atoms with Crippen molar-refractivity contribution in [3.8, 4) is 0 Å². The molecule has 6 nitrogen and oxygen atoms in total. The maximum Gasteiger partial charge on any atom is 0.238 e. The van der Waals surface area contributed by atoms with E-state index in [9.17, 15) is 4.39 Å². The summed E-state index contributed by atoms with van der Waals surface area (Å²) in [5, 5.41) is 13.0. The van der Waals surface area contributed by atoms with Crippen molar-refractivity contribution in [2.75, 3.05) is 18.9 Å². The number of halogens is 2. The van der Waals surface area contributed by atoms with Gasteiger partial charge >= 0.3 is 0 Å². The SMILES string of the molecule is CCC1(c2c(Br)c(F)c3cnc(N)nn23)CCC1.OC1CCCOC1. The molecule has 0 spiro atoms. The maximum atomic E-state index is 14.2. The Bertz CT molecular complexity index is 736. The fourth-order valence-electron chi connectivity index (χ4n) is 3.54. The lowest BCUT2D eigenvalue weighted by Gasteiger charge is -2.41. The van der Waals surface area contributed by atoms with E-state index < -0.39 is 0 Å². The van der Waals surface area contributed by atoms with Crippen LogP contribution in [0.3, 0.4) is 0 Å². The number of nitrogen functional groups attached to an aromatic ring is 1. The zero-order valence-electron chi connectivity index (χ0n) is 14.3. The van der Waals surface area contributed by atoms with E-state index in [0.29, 0.717) is 16.6 Å². The zero-order chi connectivity index (χ0) is 18.0. The first-order valence-corrected chi connectivity index (χ1v) is 9.52. The molecule has 8 heteroatoms. The van der Waals surface area contributed by atoms with E-state index in [4.69, 9.17) is 15.6 Å². The topological polar surface area (TPSA) is 85.7 Å². The van der Waals surface area contributed by atoms with E-state index in [-0.39, 0.29) is 23.3 Å². The van der Waals surface area contributed by atoms with E-state index in [1.54, 1.807) is 4.52 Å². The van der Waals surface area contributed by atoms with Crippen molar-refractivity contribution in [3.05, 3.63) is 22.2 Å². The number of nitrogens with zero attached hydrogens (tertiary/aromatic N) is 3. The van der Waals surface area contributed by atoms with E-state index in [0.717, 1.165) is 44.4 Å². The summed E-state index contributed by atoms with van der Waals surface area (Å²) < 4.78 is 21.2. The van der Waals surface area contributed by atoms with Gasteiger partial charge in [-0.25, -0.2) is 13.9 Å². The normalized spacial score (nSPS) is 22.2. The lowest BCUT2D eigenvalue weighted by Crippen LogP contribution is -2.35. The molecule has 1 unspecified atom stereocenters. The molecule has 138 valence electrons. The number of rotatable bonds is 2. The number of nitrogens with two attached hydrogens (primary N) is 1. The molecule has 2 aromatic rings. The number of ether oxygens (including phenoxy) is 1. The van der Waals surface area contributed by atoms with E-state index in [1.807, 2.05) is 0 Å². The van der Waals surface area contributed by atoms with Crippen LogP contribution in [0.25, 0.3) is 5.52 Å². The van der Waals surface area contributed by atoms with Gasteiger partial charge in [0.2, 0.25) is 5.95 Å². The van der Waals surface area contributed by atoms with Gasteiger partial charge in [-0.3, -0.25) is 0 Å². The highest BCUT2D eigenvalue weighted by Gasteiger charge is 2.42. The minimum absolute atomic E-state index is 0.0207. The number of hydrogen-bond acceptors (Lipinski definition) is 5. The maximum absolute atomic E-state index is 14.2. The highest BCUT2D eigenvalue weighted by molar-refractivity contribution is 9.10. The molecule has 3 N–H and O–H groups in total. The van der Waals surface area contributed by atoms with Crippen LogP contribution in [0.4, 0.5) is 10.3 Å².